The molecule has 1 aromatic carbocycles. The SMILES string of the molecule is CNc1ccc(Oc2ccnc(/C=N/O)c2)cc1N. The van der Waals surface area contributed by atoms with E-state index < -0.39 is 0 Å². The van der Waals surface area contributed by atoms with Crippen LogP contribution >= 0.6 is 0 Å². The summed E-state index contributed by atoms with van der Waals surface area (Å²) in [6, 6.07) is 8.73. The van der Waals surface area contributed by atoms with Gasteiger partial charge >= 0.3 is 0 Å². The number of nitrogens with one attached hydrogen (secondary N) is 1. The second-order valence-electron chi connectivity index (χ2n) is 3.76. The van der Waals surface area contributed by atoms with E-state index in [1.165, 1.54) is 6.21 Å². The molecule has 0 spiro atoms. The molecule has 0 aliphatic heterocycles. The Kier molecular flexibility index (Phi) is 3.82. The molecule has 2 aromatic rings. The van der Waals surface area contributed by atoms with E-state index in [4.69, 9.17) is 15.7 Å². The molecule has 4 N–H and O–H groups in total. The van der Waals surface area contributed by atoms with E-state index in [2.05, 4.69) is 15.5 Å². The topological polar surface area (TPSA) is 92.8 Å². The third kappa shape index (κ3) is 3.12. The fraction of sp³-hybridized carbons (Fsp3) is 0.0769. The third-order valence-electron chi connectivity index (χ3n) is 2.47. The van der Waals surface area contributed by atoms with Crippen LogP contribution in [-0.2, 0) is 0 Å². The largest absolute Gasteiger partial charge is 0.457 e. The van der Waals surface area contributed by atoms with Crippen molar-refractivity contribution in [2.45, 2.75) is 0 Å². The highest BCUT2D eigenvalue weighted by molar-refractivity contribution is 5.76. The lowest BCUT2D eigenvalue weighted by Gasteiger charge is -2.09. The van der Waals surface area contributed by atoms with Gasteiger partial charge in [-0.05, 0) is 18.2 Å². The first kappa shape index (κ1) is 12.7. The number of ether oxygens (including phenoxy) is 1. The number of anilines is 2. The van der Waals surface area contributed by atoms with E-state index in [1.54, 1.807) is 31.4 Å². The van der Waals surface area contributed by atoms with E-state index in [0.717, 1.165) is 5.69 Å². The van der Waals surface area contributed by atoms with Gasteiger partial charge in [-0.15, -0.1) is 0 Å². The van der Waals surface area contributed by atoms with E-state index in [1.807, 2.05) is 12.1 Å². The molecule has 0 bridgehead atoms. The summed E-state index contributed by atoms with van der Waals surface area (Å²) in [5, 5.41) is 14.4. The fourth-order valence-corrected chi connectivity index (χ4v) is 1.59. The van der Waals surface area contributed by atoms with Gasteiger partial charge in [0.2, 0.25) is 0 Å². The zero-order chi connectivity index (χ0) is 13.7. The Morgan fingerprint density at radius 3 is 2.79 bits per heavy atom. The molecule has 0 aliphatic carbocycles. The number of pyridine rings is 1. The summed E-state index contributed by atoms with van der Waals surface area (Å²) in [4.78, 5) is 3.99. The first-order valence-electron chi connectivity index (χ1n) is 5.61. The Balaban J connectivity index is 2.21. The van der Waals surface area contributed by atoms with Gasteiger partial charge in [0.1, 0.15) is 11.5 Å². The molecule has 0 atom stereocenters. The maximum atomic E-state index is 8.46. The average molecular weight is 258 g/mol. The molecule has 1 heterocycles. The summed E-state index contributed by atoms with van der Waals surface area (Å²) >= 11 is 0. The fourth-order valence-electron chi connectivity index (χ4n) is 1.59. The van der Waals surface area contributed by atoms with Crippen LogP contribution in [0.3, 0.4) is 0 Å². The summed E-state index contributed by atoms with van der Waals surface area (Å²) in [5.41, 5.74) is 7.80. The summed E-state index contributed by atoms with van der Waals surface area (Å²) in [7, 11) is 1.80. The second kappa shape index (κ2) is 5.72. The minimum atomic E-state index is 0.500. The molecule has 0 saturated carbocycles. The predicted molar refractivity (Wildman–Crippen MR) is 74.1 cm³/mol. The number of nitrogens with two attached hydrogens (primary N) is 1. The Bertz CT molecular complexity index is 599. The minimum Gasteiger partial charge on any atom is -0.457 e. The molecular formula is C13H14N4O2. The number of oxime groups is 1. The van der Waals surface area contributed by atoms with Crippen LogP contribution in [0.4, 0.5) is 11.4 Å². The van der Waals surface area contributed by atoms with Gasteiger partial charge in [0.15, 0.2) is 0 Å². The number of rotatable bonds is 4. The summed E-state index contributed by atoms with van der Waals surface area (Å²) in [6.07, 6.45) is 2.79. The minimum absolute atomic E-state index is 0.500. The second-order valence-corrected chi connectivity index (χ2v) is 3.76. The molecular weight excluding hydrogens is 244 g/mol. The number of nitrogen functional groups attached to an aromatic ring is 1. The smallest absolute Gasteiger partial charge is 0.131 e. The van der Waals surface area contributed by atoms with Crippen molar-refractivity contribution >= 4 is 17.6 Å². The van der Waals surface area contributed by atoms with Crippen molar-refractivity contribution in [2.75, 3.05) is 18.1 Å². The zero-order valence-electron chi connectivity index (χ0n) is 10.4. The number of hydrogen-bond donors (Lipinski definition) is 3. The van der Waals surface area contributed by atoms with Gasteiger partial charge < -0.3 is 21.0 Å². The highest BCUT2D eigenvalue weighted by atomic mass is 16.5. The summed E-state index contributed by atoms with van der Waals surface area (Å²) in [6.45, 7) is 0. The standard InChI is InChI=1S/C13H14N4O2/c1-15-13-3-2-10(7-12(13)14)19-11-4-5-16-9(6-11)8-17-18/h2-8,15,18H,14H2,1H3/b17-8+. The Labute approximate surface area is 110 Å². The number of benzene rings is 1. The van der Waals surface area contributed by atoms with Crippen molar-refractivity contribution in [3.63, 3.8) is 0 Å². The summed E-state index contributed by atoms with van der Waals surface area (Å²) in [5.74, 6) is 1.20. The van der Waals surface area contributed by atoms with Crippen LogP contribution in [0.1, 0.15) is 5.69 Å². The van der Waals surface area contributed by atoms with Crippen LogP contribution in [-0.4, -0.2) is 23.5 Å². The van der Waals surface area contributed by atoms with Crippen LogP contribution in [0, 0.1) is 0 Å². The molecule has 2 rings (SSSR count). The quantitative estimate of drug-likeness (QED) is 0.338. The zero-order valence-corrected chi connectivity index (χ0v) is 10.4. The van der Waals surface area contributed by atoms with Gasteiger partial charge in [-0.3, -0.25) is 4.98 Å². The van der Waals surface area contributed by atoms with Crippen molar-refractivity contribution < 1.29 is 9.94 Å². The molecule has 0 radical (unpaired) electrons. The predicted octanol–water partition coefficient (Wildman–Crippen LogP) is 2.31. The molecule has 98 valence electrons. The Morgan fingerprint density at radius 1 is 1.32 bits per heavy atom. The molecule has 6 nitrogen and oxygen atoms in total. The highest BCUT2D eigenvalue weighted by Gasteiger charge is 2.02. The third-order valence-corrected chi connectivity index (χ3v) is 2.47. The van der Waals surface area contributed by atoms with Gasteiger partial charge in [0, 0.05) is 25.4 Å². The lowest BCUT2D eigenvalue weighted by molar-refractivity contribution is 0.321. The van der Waals surface area contributed by atoms with E-state index in [9.17, 15) is 0 Å². The van der Waals surface area contributed by atoms with E-state index in [0.29, 0.717) is 22.9 Å². The molecule has 0 aliphatic rings. The normalized spacial score (nSPS) is 10.6. The van der Waals surface area contributed by atoms with Crippen LogP contribution in [0.25, 0.3) is 0 Å². The molecule has 0 unspecified atom stereocenters. The van der Waals surface area contributed by atoms with Gasteiger partial charge in [0.05, 0.1) is 23.3 Å². The van der Waals surface area contributed by atoms with Crippen LogP contribution < -0.4 is 15.8 Å². The molecule has 0 fully saturated rings. The van der Waals surface area contributed by atoms with Crippen molar-refractivity contribution in [1.29, 1.82) is 0 Å². The molecule has 0 saturated heterocycles. The molecule has 0 amide bonds. The molecule has 19 heavy (non-hydrogen) atoms. The maximum Gasteiger partial charge on any atom is 0.131 e. The van der Waals surface area contributed by atoms with E-state index >= 15 is 0 Å². The van der Waals surface area contributed by atoms with Crippen molar-refractivity contribution in [3.8, 4) is 11.5 Å². The van der Waals surface area contributed by atoms with Gasteiger partial charge in [0.25, 0.3) is 0 Å². The van der Waals surface area contributed by atoms with Crippen molar-refractivity contribution in [2.24, 2.45) is 5.16 Å². The van der Waals surface area contributed by atoms with Crippen LogP contribution in [0.5, 0.6) is 11.5 Å². The van der Waals surface area contributed by atoms with E-state index in [-0.39, 0.29) is 0 Å². The van der Waals surface area contributed by atoms with Crippen LogP contribution in [0.15, 0.2) is 41.7 Å². The Hall–Kier alpha value is -2.76. The number of nitrogens with zero attached hydrogens (tertiary/aromatic N) is 2. The summed E-state index contributed by atoms with van der Waals surface area (Å²) < 4.78 is 5.65. The van der Waals surface area contributed by atoms with Crippen molar-refractivity contribution in [1.82, 2.24) is 4.98 Å². The lowest BCUT2D eigenvalue weighted by Crippen LogP contribution is -1.96. The Morgan fingerprint density at radius 2 is 2.11 bits per heavy atom. The monoisotopic (exact) mass is 258 g/mol. The lowest BCUT2D eigenvalue weighted by atomic mass is 10.2. The van der Waals surface area contributed by atoms with Gasteiger partial charge in [-0.2, -0.15) is 0 Å². The van der Waals surface area contributed by atoms with Gasteiger partial charge in [-0.25, -0.2) is 0 Å². The van der Waals surface area contributed by atoms with Crippen molar-refractivity contribution in [3.05, 3.63) is 42.2 Å². The first-order valence-corrected chi connectivity index (χ1v) is 5.61. The average Bonchev–Trinajstić information content (AvgIpc) is 2.40. The first-order chi connectivity index (χ1) is 9.22. The highest BCUT2D eigenvalue weighted by Crippen LogP contribution is 2.27. The van der Waals surface area contributed by atoms with Gasteiger partial charge in [-0.1, -0.05) is 5.16 Å². The van der Waals surface area contributed by atoms with Crippen LogP contribution in [0.2, 0.25) is 0 Å². The number of hydrogen-bond acceptors (Lipinski definition) is 6. The number of aromatic nitrogens is 1. The maximum absolute atomic E-state index is 8.46. The molecule has 1 aromatic heterocycles. The molecule has 6 heteroatoms.